The molecule has 0 saturated heterocycles. The molecular formula is C28H49O8P. The Balaban J connectivity index is 3.90. The molecule has 0 bridgehead atoms. The maximum absolute atomic E-state index is 12.1. The lowest BCUT2D eigenvalue weighted by Gasteiger charge is -2.18. The molecule has 214 valence electrons. The zero-order valence-corrected chi connectivity index (χ0v) is 23.7. The smallest absolute Gasteiger partial charge is 0.462 e. The number of hydrogen-bond acceptors (Lipinski definition) is 6. The molecule has 1 unspecified atom stereocenters. The summed E-state index contributed by atoms with van der Waals surface area (Å²) in [5.74, 6) is -0.943. The summed E-state index contributed by atoms with van der Waals surface area (Å²) in [5, 5.41) is 0. The number of ether oxygens (including phenoxy) is 2. The Morgan fingerprint density at radius 2 is 1.30 bits per heavy atom. The van der Waals surface area contributed by atoms with Gasteiger partial charge in [0.05, 0.1) is 6.61 Å². The number of hydrogen-bond donors (Lipinski definition) is 2. The molecule has 0 aromatic carbocycles. The Hall–Kier alpha value is -1.73. The molecule has 0 aliphatic heterocycles. The summed E-state index contributed by atoms with van der Waals surface area (Å²) in [5.41, 5.74) is 0. The van der Waals surface area contributed by atoms with E-state index in [0.717, 1.165) is 51.4 Å². The van der Waals surface area contributed by atoms with Crippen molar-refractivity contribution in [1.82, 2.24) is 0 Å². The highest BCUT2D eigenvalue weighted by Gasteiger charge is 2.22. The van der Waals surface area contributed by atoms with E-state index in [1.165, 1.54) is 19.3 Å². The van der Waals surface area contributed by atoms with E-state index in [9.17, 15) is 14.2 Å². The van der Waals surface area contributed by atoms with E-state index < -0.39 is 32.5 Å². The molecule has 9 heteroatoms. The van der Waals surface area contributed by atoms with Gasteiger partial charge in [-0.3, -0.25) is 14.1 Å². The van der Waals surface area contributed by atoms with Gasteiger partial charge < -0.3 is 19.3 Å². The average Bonchev–Trinajstić information content (AvgIpc) is 2.85. The molecule has 1 atom stereocenters. The topological polar surface area (TPSA) is 119 Å². The zero-order valence-electron chi connectivity index (χ0n) is 22.9. The van der Waals surface area contributed by atoms with Crippen molar-refractivity contribution in [2.75, 3.05) is 13.2 Å². The summed E-state index contributed by atoms with van der Waals surface area (Å²) in [6, 6.07) is 0. The van der Waals surface area contributed by atoms with Crippen LogP contribution in [0.3, 0.4) is 0 Å². The molecular weight excluding hydrogens is 495 g/mol. The number of esters is 2. The van der Waals surface area contributed by atoms with Crippen LogP contribution in [0.2, 0.25) is 0 Å². The summed E-state index contributed by atoms with van der Waals surface area (Å²) in [4.78, 5) is 41.6. The number of carbonyl (C=O) groups is 2. The van der Waals surface area contributed by atoms with Crippen molar-refractivity contribution < 1.29 is 37.9 Å². The lowest BCUT2D eigenvalue weighted by atomic mass is 10.1. The molecule has 0 heterocycles. The minimum Gasteiger partial charge on any atom is -0.462 e. The number of phosphoric ester groups is 1. The van der Waals surface area contributed by atoms with E-state index in [2.05, 4.69) is 47.9 Å². The highest BCUT2D eigenvalue weighted by molar-refractivity contribution is 7.46. The second-order valence-corrected chi connectivity index (χ2v) is 10.2. The van der Waals surface area contributed by atoms with Gasteiger partial charge in [0.1, 0.15) is 6.61 Å². The quantitative estimate of drug-likeness (QED) is 0.0571. The van der Waals surface area contributed by atoms with Crippen LogP contribution >= 0.6 is 7.82 Å². The van der Waals surface area contributed by atoms with Crippen molar-refractivity contribution in [3.8, 4) is 0 Å². The Labute approximate surface area is 223 Å². The van der Waals surface area contributed by atoms with Crippen molar-refractivity contribution in [3.63, 3.8) is 0 Å². The van der Waals surface area contributed by atoms with Crippen LogP contribution in [0.25, 0.3) is 0 Å². The van der Waals surface area contributed by atoms with Gasteiger partial charge in [0.2, 0.25) is 0 Å². The first-order valence-corrected chi connectivity index (χ1v) is 15.3. The summed E-state index contributed by atoms with van der Waals surface area (Å²) in [6.45, 7) is 3.24. The molecule has 2 N–H and O–H groups in total. The van der Waals surface area contributed by atoms with Gasteiger partial charge >= 0.3 is 19.8 Å². The SMILES string of the molecule is CC/C=C\C/C=C\C/C=C\CCCCCCCCCC(=O)OC(COC(=O)CCCC)COP(=O)(O)O. The largest absolute Gasteiger partial charge is 0.469 e. The zero-order chi connectivity index (χ0) is 27.6. The standard InChI is InChI=1S/C28H49O8P/c1-3-5-7-8-9-10-11-12-13-14-15-16-17-18-19-20-21-23-28(30)36-26(25-35-37(31,32)33)24-34-27(29)22-6-4-2/h5,7,9-10,12-13,26H,3-4,6,8,11,14-25H2,1-2H3,(H2,31,32,33)/b7-5-,10-9-,13-12-. The molecule has 0 amide bonds. The first-order chi connectivity index (χ1) is 17.8. The average molecular weight is 545 g/mol. The van der Waals surface area contributed by atoms with Crippen LogP contribution in [0.4, 0.5) is 0 Å². The molecule has 0 spiro atoms. The highest BCUT2D eigenvalue weighted by atomic mass is 31.2. The molecule has 37 heavy (non-hydrogen) atoms. The number of allylic oxidation sites excluding steroid dienone is 6. The second-order valence-electron chi connectivity index (χ2n) is 8.99. The highest BCUT2D eigenvalue weighted by Crippen LogP contribution is 2.35. The van der Waals surface area contributed by atoms with Crippen molar-refractivity contribution in [2.45, 2.75) is 116 Å². The van der Waals surface area contributed by atoms with E-state index in [-0.39, 0.29) is 19.4 Å². The van der Waals surface area contributed by atoms with Crippen LogP contribution in [-0.4, -0.2) is 41.0 Å². The molecule has 0 aliphatic carbocycles. The van der Waals surface area contributed by atoms with Gasteiger partial charge in [0, 0.05) is 12.8 Å². The van der Waals surface area contributed by atoms with Gasteiger partial charge in [-0.15, -0.1) is 0 Å². The fourth-order valence-corrected chi connectivity index (χ4v) is 3.72. The van der Waals surface area contributed by atoms with E-state index in [0.29, 0.717) is 12.8 Å². The van der Waals surface area contributed by atoms with E-state index in [4.69, 9.17) is 19.3 Å². The number of carbonyl (C=O) groups excluding carboxylic acids is 2. The molecule has 0 aromatic heterocycles. The van der Waals surface area contributed by atoms with Gasteiger partial charge in [-0.2, -0.15) is 0 Å². The molecule has 0 saturated carbocycles. The molecule has 0 fully saturated rings. The fraction of sp³-hybridized carbons (Fsp3) is 0.714. The van der Waals surface area contributed by atoms with Gasteiger partial charge in [0.25, 0.3) is 0 Å². The van der Waals surface area contributed by atoms with E-state index in [1.807, 2.05) is 6.92 Å². The first kappa shape index (κ1) is 35.3. The predicted octanol–water partition coefficient (Wildman–Crippen LogP) is 7.11. The van der Waals surface area contributed by atoms with Gasteiger partial charge in [-0.25, -0.2) is 4.57 Å². The Morgan fingerprint density at radius 3 is 1.92 bits per heavy atom. The van der Waals surface area contributed by atoms with E-state index >= 15 is 0 Å². The fourth-order valence-electron chi connectivity index (χ4n) is 3.36. The minimum atomic E-state index is -4.72. The van der Waals surface area contributed by atoms with Crippen LogP contribution < -0.4 is 0 Å². The summed E-state index contributed by atoms with van der Waals surface area (Å²) in [7, 11) is -4.72. The normalized spacial score (nSPS) is 13.1. The molecule has 8 nitrogen and oxygen atoms in total. The third-order valence-corrected chi connectivity index (χ3v) is 5.91. The third kappa shape index (κ3) is 27.1. The monoisotopic (exact) mass is 544 g/mol. The maximum atomic E-state index is 12.1. The maximum Gasteiger partial charge on any atom is 0.469 e. The van der Waals surface area contributed by atoms with Crippen LogP contribution in [0.15, 0.2) is 36.5 Å². The lowest BCUT2D eigenvalue weighted by molar-refractivity contribution is -0.161. The third-order valence-electron chi connectivity index (χ3n) is 5.42. The van der Waals surface area contributed by atoms with Crippen molar-refractivity contribution in [3.05, 3.63) is 36.5 Å². The Kier molecular flexibility index (Phi) is 23.4. The predicted molar refractivity (Wildman–Crippen MR) is 147 cm³/mol. The molecule has 0 aliphatic rings. The van der Waals surface area contributed by atoms with Crippen LogP contribution in [-0.2, 0) is 28.2 Å². The molecule has 0 aromatic rings. The van der Waals surface area contributed by atoms with Crippen molar-refractivity contribution >= 4 is 19.8 Å². The van der Waals surface area contributed by atoms with Crippen LogP contribution in [0, 0.1) is 0 Å². The first-order valence-electron chi connectivity index (χ1n) is 13.8. The number of phosphoric acid groups is 1. The van der Waals surface area contributed by atoms with Crippen molar-refractivity contribution in [2.24, 2.45) is 0 Å². The number of unbranched alkanes of at least 4 members (excludes halogenated alkanes) is 8. The van der Waals surface area contributed by atoms with Crippen LogP contribution in [0.5, 0.6) is 0 Å². The summed E-state index contributed by atoms with van der Waals surface area (Å²) >= 11 is 0. The second kappa shape index (κ2) is 24.6. The minimum absolute atomic E-state index is 0.199. The molecule has 0 radical (unpaired) electrons. The van der Waals surface area contributed by atoms with Gasteiger partial charge in [0.15, 0.2) is 6.10 Å². The summed E-state index contributed by atoms with van der Waals surface area (Å²) < 4.78 is 25.7. The Bertz CT molecular complexity index is 711. The lowest BCUT2D eigenvalue weighted by Crippen LogP contribution is -2.29. The number of rotatable bonds is 24. The Morgan fingerprint density at radius 1 is 0.730 bits per heavy atom. The molecule has 0 rings (SSSR count). The van der Waals surface area contributed by atoms with Gasteiger partial charge in [-0.1, -0.05) is 88.8 Å². The van der Waals surface area contributed by atoms with Crippen molar-refractivity contribution in [1.29, 1.82) is 0 Å². The van der Waals surface area contributed by atoms with Crippen LogP contribution in [0.1, 0.15) is 110 Å². The van der Waals surface area contributed by atoms with Gasteiger partial charge in [-0.05, 0) is 44.9 Å². The summed E-state index contributed by atoms with van der Waals surface area (Å²) in [6.07, 6.45) is 25.6. The van der Waals surface area contributed by atoms with E-state index in [1.54, 1.807) is 0 Å².